The van der Waals surface area contributed by atoms with E-state index in [9.17, 15) is 0 Å². The highest BCUT2D eigenvalue weighted by atomic mass is 14.9. The minimum absolute atomic E-state index is 1.04. The molecule has 0 heterocycles. The molecule has 0 unspecified atom stereocenters. The van der Waals surface area contributed by atoms with Crippen molar-refractivity contribution in [2.24, 2.45) is 0 Å². The van der Waals surface area contributed by atoms with E-state index in [0.29, 0.717) is 0 Å². The fourth-order valence-corrected chi connectivity index (χ4v) is 2.74. The van der Waals surface area contributed by atoms with E-state index in [1.165, 1.54) is 34.9 Å². The Morgan fingerprint density at radius 3 is 2.33 bits per heavy atom. The molecule has 0 amide bonds. The third kappa shape index (κ3) is 3.63. The molecular formula is C20H21N. The summed E-state index contributed by atoms with van der Waals surface area (Å²) in [5.41, 5.74) is 2.68. The second kappa shape index (κ2) is 6.94. The number of rotatable bonds is 6. The molecule has 0 atom stereocenters. The van der Waals surface area contributed by atoms with Gasteiger partial charge in [0, 0.05) is 12.2 Å². The van der Waals surface area contributed by atoms with Gasteiger partial charge in [0.1, 0.15) is 0 Å². The van der Waals surface area contributed by atoms with Crippen molar-refractivity contribution < 1.29 is 0 Å². The van der Waals surface area contributed by atoms with Crippen molar-refractivity contribution in [3.63, 3.8) is 0 Å². The van der Waals surface area contributed by atoms with Crippen LogP contribution in [0.1, 0.15) is 18.4 Å². The van der Waals surface area contributed by atoms with Crippen molar-refractivity contribution in [3.8, 4) is 0 Å². The van der Waals surface area contributed by atoms with Crippen LogP contribution < -0.4 is 5.32 Å². The van der Waals surface area contributed by atoms with Crippen molar-refractivity contribution in [2.45, 2.75) is 19.3 Å². The van der Waals surface area contributed by atoms with Gasteiger partial charge in [-0.2, -0.15) is 0 Å². The molecule has 1 heteroatoms. The number of aryl methyl sites for hydroxylation is 1. The molecule has 0 aliphatic rings. The van der Waals surface area contributed by atoms with Gasteiger partial charge in [0.05, 0.1) is 0 Å². The molecule has 0 fully saturated rings. The summed E-state index contributed by atoms with van der Waals surface area (Å²) >= 11 is 0. The van der Waals surface area contributed by atoms with Crippen LogP contribution >= 0.6 is 0 Å². The van der Waals surface area contributed by atoms with Gasteiger partial charge in [-0.15, -0.1) is 0 Å². The Bertz CT molecular complexity index is 683. The third-order valence-electron chi connectivity index (χ3n) is 3.86. The van der Waals surface area contributed by atoms with Gasteiger partial charge < -0.3 is 5.32 Å². The van der Waals surface area contributed by atoms with Gasteiger partial charge in [-0.3, -0.25) is 0 Å². The summed E-state index contributed by atoms with van der Waals surface area (Å²) in [4.78, 5) is 0. The summed E-state index contributed by atoms with van der Waals surface area (Å²) < 4.78 is 0. The zero-order valence-electron chi connectivity index (χ0n) is 12.3. The van der Waals surface area contributed by atoms with Crippen LogP contribution in [0.25, 0.3) is 10.8 Å². The van der Waals surface area contributed by atoms with Crippen molar-refractivity contribution in [2.75, 3.05) is 11.9 Å². The smallest absolute Gasteiger partial charge is 0.0340 e. The summed E-state index contributed by atoms with van der Waals surface area (Å²) in [5, 5.41) is 6.21. The second-order valence-electron chi connectivity index (χ2n) is 5.39. The standard InChI is InChI=1S/C20H21N/c1-2-13-19(14-3-1)21-16-7-6-10-18-12-8-11-17-9-4-5-15-20(17)18/h1-5,8-9,11-15,21H,6-7,10,16H2. The normalized spacial score (nSPS) is 10.7. The number of unbranched alkanes of at least 4 members (excludes halogenated alkanes) is 1. The molecule has 3 rings (SSSR count). The summed E-state index contributed by atoms with van der Waals surface area (Å²) in [6.07, 6.45) is 3.56. The van der Waals surface area contributed by atoms with E-state index in [2.05, 4.69) is 72.0 Å². The topological polar surface area (TPSA) is 12.0 Å². The molecule has 3 aromatic rings. The van der Waals surface area contributed by atoms with E-state index in [-0.39, 0.29) is 0 Å². The van der Waals surface area contributed by atoms with E-state index < -0.39 is 0 Å². The Balaban J connectivity index is 1.51. The zero-order valence-corrected chi connectivity index (χ0v) is 12.3. The Morgan fingerprint density at radius 2 is 1.43 bits per heavy atom. The second-order valence-corrected chi connectivity index (χ2v) is 5.39. The maximum atomic E-state index is 3.47. The number of para-hydroxylation sites is 1. The van der Waals surface area contributed by atoms with Crippen LogP contribution in [0.15, 0.2) is 72.8 Å². The van der Waals surface area contributed by atoms with Gasteiger partial charge in [0.25, 0.3) is 0 Å². The summed E-state index contributed by atoms with van der Waals surface area (Å²) in [5.74, 6) is 0. The van der Waals surface area contributed by atoms with Crippen LogP contribution in [0.3, 0.4) is 0 Å². The zero-order chi connectivity index (χ0) is 14.3. The minimum atomic E-state index is 1.04. The lowest BCUT2D eigenvalue weighted by Crippen LogP contribution is -2.01. The predicted molar refractivity (Wildman–Crippen MR) is 91.8 cm³/mol. The van der Waals surface area contributed by atoms with Crippen LogP contribution in [0.5, 0.6) is 0 Å². The highest BCUT2D eigenvalue weighted by Gasteiger charge is 2.00. The molecule has 0 bridgehead atoms. The number of hydrogen-bond acceptors (Lipinski definition) is 1. The monoisotopic (exact) mass is 275 g/mol. The molecule has 21 heavy (non-hydrogen) atoms. The SMILES string of the molecule is c1ccc(NCCCCc2cccc3ccccc23)cc1. The van der Waals surface area contributed by atoms with Crippen LogP contribution in [0.4, 0.5) is 5.69 Å². The predicted octanol–water partition coefficient (Wildman–Crippen LogP) is 5.27. The van der Waals surface area contributed by atoms with E-state index >= 15 is 0 Å². The molecule has 0 aliphatic carbocycles. The molecule has 106 valence electrons. The first-order valence-electron chi connectivity index (χ1n) is 7.69. The average molecular weight is 275 g/mol. The van der Waals surface area contributed by atoms with Gasteiger partial charge in [-0.25, -0.2) is 0 Å². The highest BCUT2D eigenvalue weighted by Crippen LogP contribution is 2.20. The number of benzene rings is 3. The molecule has 0 aliphatic heterocycles. The quantitative estimate of drug-likeness (QED) is 0.604. The summed E-state index contributed by atoms with van der Waals surface area (Å²) in [6, 6.07) is 25.7. The van der Waals surface area contributed by atoms with Crippen molar-refractivity contribution in [1.82, 2.24) is 0 Å². The van der Waals surface area contributed by atoms with Gasteiger partial charge in [0.2, 0.25) is 0 Å². The molecule has 3 aromatic carbocycles. The number of anilines is 1. The molecule has 0 saturated carbocycles. The first-order chi connectivity index (χ1) is 10.4. The average Bonchev–Trinajstić information content (AvgIpc) is 2.56. The van der Waals surface area contributed by atoms with E-state index in [0.717, 1.165) is 13.0 Å². The van der Waals surface area contributed by atoms with Gasteiger partial charge in [0.15, 0.2) is 0 Å². The Hall–Kier alpha value is -2.28. The summed E-state index contributed by atoms with van der Waals surface area (Å²) in [7, 11) is 0. The Morgan fingerprint density at radius 1 is 0.667 bits per heavy atom. The van der Waals surface area contributed by atoms with Crippen molar-refractivity contribution in [1.29, 1.82) is 0 Å². The lowest BCUT2D eigenvalue weighted by molar-refractivity contribution is 0.766. The van der Waals surface area contributed by atoms with E-state index in [1.54, 1.807) is 0 Å². The maximum absolute atomic E-state index is 3.47. The molecule has 0 radical (unpaired) electrons. The van der Waals surface area contributed by atoms with Gasteiger partial charge in [-0.05, 0) is 47.7 Å². The van der Waals surface area contributed by atoms with Crippen molar-refractivity contribution >= 4 is 16.5 Å². The minimum Gasteiger partial charge on any atom is -0.385 e. The molecular weight excluding hydrogens is 254 g/mol. The van der Waals surface area contributed by atoms with Gasteiger partial charge >= 0.3 is 0 Å². The van der Waals surface area contributed by atoms with Crippen LogP contribution in [-0.2, 0) is 6.42 Å². The number of nitrogens with one attached hydrogen (secondary N) is 1. The molecule has 0 saturated heterocycles. The van der Waals surface area contributed by atoms with E-state index in [4.69, 9.17) is 0 Å². The molecule has 0 aromatic heterocycles. The maximum Gasteiger partial charge on any atom is 0.0340 e. The number of fused-ring (bicyclic) bond motifs is 1. The fourth-order valence-electron chi connectivity index (χ4n) is 2.74. The lowest BCUT2D eigenvalue weighted by Gasteiger charge is -2.08. The van der Waals surface area contributed by atoms with Crippen LogP contribution in [-0.4, -0.2) is 6.54 Å². The molecule has 1 N–H and O–H groups in total. The first kappa shape index (κ1) is 13.7. The van der Waals surface area contributed by atoms with Gasteiger partial charge in [-0.1, -0.05) is 60.7 Å². The third-order valence-corrected chi connectivity index (χ3v) is 3.86. The fraction of sp³-hybridized carbons (Fsp3) is 0.200. The Labute approximate surface area is 126 Å². The summed E-state index contributed by atoms with van der Waals surface area (Å²) in [6.45, 7) is 1.04. The largest absolute Gasteiger partial charge is 0.385 e. The van der Waals surface area contributed by atoms with Crippen LogP contribution in [0, 0.1) is 0 Å². The highest BCUT2D eigenvalue weighted by molar-refractivity contribution is 5.85. The Kier molecular flexibility index (Phi) is 4.52. The van der Waals surface area contributed by atoms with Crippen molar-refractivity contribution in [3.05, 3.63) is 78.4 Å². The molecule has 1 nitrogen and oxygen atoms in total. The van der Waals surface area contributed by atoms with Crippen LogP contribution in [0.2, 0.25) is 0 Å². The van der Waals surface area contributed by atoms with E-state index in [1.807, 2.05) is 6.07 Å². The first-order valence-corrected chi connectivity index (χ1v) is 7.69. The number of hydrogen-bond donors (Lipinski definition) is 1. The lowest BCUT2D eigenvalue weighted by atomic mass is 10.0. The molecule has 0 spiro atoms.